The van der Waals surface area contributed by atoms with Crippen LogP contribution in [-0.2, 0) is 11.2 Å². The Morgan fingerprint density at radius 2 is 2.16 bits per heavy atom. The number of carbonyl (C=O) groups is 1. The Morgan fingerprint density at radius 1 is 1.32 bits per heavy atom. The summed E-state index contributed by atoms with van der Waals surface area (Å²) < 4.78 is 0. The largest absolute Gasteiger partial charge is 0.373 e. The molecule has 0 saturated heterocycles. The van der Waals surface area contributed by atoms with Crippen molar-refractivity contribution in [1.29, 1.82) is 0 Å². The number of hydrogen-bond acceptors (Lipinski definition) is 3. The molecule has 1 aliphatic rings. The van der Waals surface area contributed by atoms with Crippen LogP contribution in [0.4, 0.5) is 11.5 Å². The van der Waals surface area contributed by atoms with Crippen LogP contribution in [0, 0.1) is 6.92 Å². The molecule has 0 spiro atoms. The fourth-order valence-electron chi connectivity index (χ4n) is 2.28. The fourth-order valence-corrected chi connectivity index (χ4v) is 2.28. The van der Waals surface area contributed by atoms with E-state index in [1.807, 2.05) is 43.3 Å². The van der Waals surface area contributed by atoms with Crippen LogP contribution in [0.1, 0.15) is 11.1 Å². The van der Waals surface area contributed by atoms with E-state index in [1.54, 1.807) is 6.20 Å². The van der Waals surface area contributed by atoms with Crippen molar-refractivity contribution in [2.24, 2.45) is 0 Å². The highest BCUT2D eigenvalue weighted by Crippen LogP contribution is 2.25. The van der Waals surface area contributed by atoms with Crippen LogP contribution in [0.2, 0.25) is 0 Å². The maximum Gasteiger partial charge on any atom is 0.248 e. The lowest BCUT2D eigenvalue weighted by Gasteiger charge is -2.12. The molecule has 96 valence electrons. The van der Waals surface area contributed by atoms with Crippen LogP contribution in [0.5, 0.6) is 0 Å². The molecule has 0 aliphatic carbocycles. The second-order valence-corrected chi connectivity index (χ2v) is 4.72. The molecule has 0 radical (unpaired) electrons. The smallest absolute Gasteiger partial charge is 0.248 e. The summed E-state index contributed by atoms with van der Waals surface area (Å²) in [6, 6.07) is 11.6. The molecule has 1 aliphatic heterocycles. The van der Waals surface area contributed by atoms with E-state index in [1.165, 1.54) is 5.56 Å². The minimum atomic E-state index is -0.223. The van der Waals surface area contributed by atoms with Crippen molar-refractivity contribution in [3.63, 3.8) is 0 Å². The highest BCUT2D eigenvalue weighted by atomic mass is 16.2. The first kappa shape index (κ1) is 11.7. The predicted octanol–water partition coefficient (Wildman–Crippen LogP) is 2.37. The highest BCUT2D eigenvalue weighted by Gasteiger charge is 2.26. The van der Waals surface area contributed by atoms with Gasteiger partial charge in [-0.3, -0.25) is 4.79 Å². The Morgan fingerprint density at radius 3 is 2.95 bits per heavy atom. The number of rotatable bonds is 2. The number of nitrogens with one attached hydrogen (secondary N) is 2. The average Bonchev–Trinajstić information content (AvgIpc) is 2.85. The highest BCUT2D eigenvalue weighted by molar-refractivity contribution is 5.97. The lowest BCUT2D eigenvalue weighted by Crippen LogP contribution is -2.33. The first-order chi connectivity index (χ1) is 9.24. The van der Waals surface area contributed by atoms with Gasteiger partial charge in [-0.05, 0) is 30.2 Å². The second kappa shape index (κ2) is 4.72. The number of amides is 1. The van der Waals surface area contributed by atoms with Crippen LogP contribution in [0.25, 0.3) is 0 Å². The van der Waals surface area contributed by atoms with Crippen molar-refractivity contribution in [3.8, 4) is 0 Å². The molecule has 1 aromatic carbocycles. The number of nitrogens with zero attached hydrogens (tertiary/aromatic N) is 1. The molecular weight excluding hydrogens is 238 g/mol. The normalized spacial score (nSPS) is 16.6. The number of aryl methyl sites for hydroxylation is 1. The van der Waals surface area contributed by atoms with Gasteiger partial charge in [-0.25, -0.2) is 4.98 Å². The predicted molar refractivity (Wildman–Crippen MR) is 75.2 cm³/mol. The zero-order chi connectivity index (χ0) is 13.2. The third-order valence-corrected chi connectivity index (χ3v) is 3.34. The van der Waals surface area contributed by atoms with E-state index in [4.69, 9.17) is 0 Å². The zero-order valence-electron chi connectivity index (χ0n) is 10.7. The summed E-state index contributed by atoms with van der Waals surface area (Å²) in [4.78, 5) is 16.4. The Bertz CT molecular complexity index is 599. The first-order valence-electron chi connectivity index (χ1n) is 6.31. The lowest BCUT2D eigenvalue weighted by molar-refractivity contribution is -0.116. The molecule has 0 fully saturated rings. The molecule has 0 saturated carbocycles. The number of benzene rings is 1. The Kier molecular flexibility index (Phi) is 2.91. The van der Waals surface area contributed by atoms with Gasteiger partial charge in [0.15, 0.2) is 0 Å². The molecule has 3 rings (SSSR count). The summed E-state index contributed by atoms with van der Waals surface area (Å²) in [6.45, 7) is 1.93. The minimum absolute atomic E-state index is 0.0435. The minimum Gasteiger partial charge on any atom is -0.373 e. The van der Waals surface area contributed by atoms with Gasteiger partial charge in [0.1, 0.15) is 11.9 Å². The molecular formula is C15H15N3O. The molecule has 1 atom stereocenters. The van der Waals surface area contributed by atoms with E-state index in [0.717, 1.165) is 11.3 Å². The molecule has 2 heterocycles. The van der Waals surface area contributed by atoms with Crippen molar-refractivity contribution in [3.05, 3.63) is 53.7 Å². The van der Waals surface area contributed by atoms with Gasteiger partial charge in [0.2, 0.25) is 5.91 Å². The van der Waals surface area contributed by atoms with Crippen molar-refractivity contribution in [2.45, 2.75) is 19.4 Å². The number of aromatic nitrogens is 1. The summed E-state index contributed by atoms with van der Waals surface area (Å²) in [6.07, 6.45) is 2.40. The molecule has 1 aromatic heterocycles. The zero-order valence-corrected chi connectivity index (χ0v) is 10.7. The number of hydrogen-bond donors (Lipinski definition) is 2. The van der Waals surface area contributed by atoms with Crippen LogP contribution in [0.15, 0.2) is 42.6 Å². The van der Waals surface area contributed by atoms with Gasteiger partial charge in [-0.1, -0.05) is 24.3 Å². The Hall–Kier alpha value is -2.36. The lowest BCUT2D eigenvalue weighted by atomic mass is 10.1. The molecule has 4 nitrogen and oxygen atoms in total. The van der Waals surface area contributed by atoms with Gasteiger partial charge in [0, 0.05) is 18.3 Å². The molecule has 2 aromatic rings. The Labute approximate surface area is 111 Å². The molecule has 19 heavy (non-hydrogen) atoms. The fraction of sp³-hybridized carbons (Fsp3) is 0.200. The summed E-state index contributed by atoms with van der Waals surface area (Å²) >= 11 is 0. The van der Waals surface area contributed by atoms with Crippen molar-refractivity contribution >= 4 is 17.4 Å². The number of fused-ring (bicyclic) bond motifs is 1. The van der Waals surface area contributed by atoms with E-state index in [-0.39, 0.29) is 11.9 Å². The molecule has 4 heteroatoms. The van der Waals surface area contributed by atoms with Crippen molar-refractivity contribution in [1.82, 2.24) is 4.98 Å². The van der Waals surface area contributed by atoms with Crippen LogP contribution < -0.4 is 10.6 Å². The van der Waals surface area contributed by atoms with Gasteiger partial charge < -0.3 is 10.6 Å². The number of para-hydroxylation sites is 1. The number of anilines is 2. The maximum absolute atomic E-state index is 12.2. The first-order valence-corrected chi connectivity index (χ1v) is 6.31. The van der Waals surface area contributed by atoms with Gasteiger partial charge in [-0.15, -0.1) is 0 Å². The molecule has 0 bridgehead atoms. The topological polar surface area (TPSA) is 54.0 Å². The van der Waals surface area contributed by atoms with Crippen molar-refractivity contribution < 1.29 is 4.79 Å². The van der Waals surface area contributed by atoms with Gasteiger partial charge in [-0.2, -0.15) is 0 Å². The van der Waals surface area contributed by atoms with Gasteiger partial charge >= 0.3 is 0 Å². The third-order valence-electron chi connectivity index (χ3n) is 3.34. The second-order valence-electron chi connectivity index (χ2n) is 4.72. The van der Waals surface area contributed by atoms with E-state index >= 15 is 0 Å². The van der Waals surface area contributed by atoms with Crippen LogP contribution in [-0.4, -0.2) is 16.9 Å². The molecule has 0 unspecified atom stereocenters. The molecule has 1 amide bonds. The standard InChI is InChI=1S/C15H15N3O/c1-10-5-4-8-16-14(10)18-15(19)13-9-11-6-2-3-7-12(11)17-13/h2-8,13,17H,9H2,1H3,(H,16,18,19)/t13-/m0/s1. The van der Waals surface area contributed by atoms with E-state index in [9.17, 15) is 4.79 Å². The summed E-state index contributed by atoms with van der Waals surface area (Å²) in [5.41, 5.74) is 3.19. The Balaban J connectivity index is 1.72. The van der Waals surface area contributed by atoms with Crippen molar-refractivity contribution in [2.75, 3.05) is 10.6 Å². The monoisotopic (exact) mass is 253 g/mol. The SMILES string of the molecule is Cc1cccnc1NC(=O)[C@@H]1Cc2ccccc2N1. The van der Waals surface area contributed by atoms with E-state index in [0.29, 0.717) is 12.2 Å². The summed E-state index contributed by atoms with van der Waals surface area (Å²) in [5.74, 6) is 0.586. The summed E-state index contributed by atoms with van der Waals surface area (Å²) in [7, 11) is 0. The number of carbonyl (C=O) groups excluding carboxylic acids is 1. The van der Waals surface area contributed by atoms with Crippen LogP contribution >= 0.6 is 0 Å². The van der Waals surface area contributed by atoms with E-state index in [2.05, 4.69) is 15.6 Å². The van der Waals surface area contributed by atoms with Gasteiger partial charge in [0.05, 0.1) is 0 Å². The van der Waals surface area contributed by atoms with Crippen LogP contribution in [0.3, 0.4) is 0 Å². The van der Waals surface area contributed by atoms with Gasteiger partial charge in [0.25, 0.3) is 0 Å². The average molecular weight is 253 g/mol. The van der Waals surface area contributed by atoms with E-state index < -0.39 is 0 Å². The quantitative estimate of drug-likeness (QED) is 0.864. The maximum atomic E-state index is 12.2. The third kappa shape index (κ3) is 2.29. The number of pyridine rings is 1. The molecule has 2 N–H and O–H groups in total. The summed E-state index contributed by atoms with van der Waals surface area (Å²) in [5, 5.41) is 6.11.